The van der Waals surface area contributed by atoms with Gasteiger partial charge in [-0.15, -0.1) is 0 Å². The van der Waals surface area contributed by atoms with Crippen LogP contribution in [0.2, 0.25) is 0 Å². The molecular formula is C7H10N2O2. The Kier molecular flexibility index (Phi) is 2.66. The molecule has 1 aromatic heterocycles. The fourth-order valence-corrected chi connectivity index (χ4v) is 0.636. The molecule has 0 spiro atoms. The summed E-state index contributed by atoms with van der Waals surface area (Å²) in [6.07, 6.45) is 2.24. The van der Waals surface area contributed by atoms with Crippen LogP contribution in [-0.2, 0) is 0 Å². The predicted molar refractivity (Wildman–Crippen MR) is 40.6 cm³/mol. The molecule has 1 N–H and O–H groups in total. The molecule has 0 aliphatic carbocycles. The first-order chi connectivity index (χ1) is 5.33. The normalized spacial score (nSPS) is 9.55. The number of aromatic nitrogens is 2. The lowest BCUT2D eigenvalue weighted by molar-refractivity contribution is 0.304. The molecule has 0 amide bonds. The fourth-order valence-electron chi connectivity index (χ4n) is 0.636. The van der Waals surface area contributed by atoms with Gasteiger partial charge in [0.15, 0.2) is 0 Å². The van der Waals surface area contributed by atoms with Gasteiger partial charge >= 0.3 is 0 Å². The molecule has 4 heteroatoms. The minimum Gasteiger partial charge on any atom is -0.477 e. The minimum atomic E-state index is -0.189. The second-order valence-electron chi connectivity index (χ2n) is 2.10. The average molecular weight is 154 g/mol. The van der Waals surface area contributed by atoms with Gasteiger partial charge in [-0.1, -0.05) is 6.92 Å². The van der Waals surface area contributed by atoms with Gasteiger partial charge in [0.1, 0.15) is 0 Å². The quantitative estimate of drug-likeness (QED) is 0.692. The molecular weight excluding hydrogens is 144 g/mol. The van der Waals surface area contributed by atoms with E-state index < -0.39 is 0 Å². The molecule has 1 aromatic rings. The Hall–Kier alpha value is -1.32. The summed E-state index contributed by atoms with van der Waals surface area (Å²) in [5, 5.41) is 0. The summed E-state index contributed by atoms with van der Waals surface area (Å²) in [7, 11) is 0. The van der Waals surface area contributed by atoms with Gasteiger partial charge < -0.3 is 9.72 Å². The van der Waals surface area contributed by atoms with Gasteiger partial charge in [-0.05, 0) is 6.42 Å². The van der Waals surface area contributed by atoms with Crippen LogP contribution in [0, 0.1) is 0 Å². The van der Waals surface area contributed by atoms with Crippen molar-refractivity contribution in [2.24, 2.45) is 0 Å². The number of ether oxygens (including phenoxy) is 1. The highest BCUT2D eigenvalue weighted by Crippen LogP contribution is 1.98. The highest BCUT2D eigenvalue weighted by atomic mass is 16.5. The number of nitrogens with zero attached hydrogens (tertiary/aromatic N) is 1. The molecule has 11 heavy (non-hydrogen) atoms. The molecule has 0 saturated carbocycles. The zero-order valence-electron chi connectivity index (χ0n) is 6.33. The molecule has 0 radical (unpaired) electrons. The standard InChI is InChI=1S/C7H10N2O2/c1-2-3-11-7-4-6(10)8-5-9-7/h4-5H,2-3H2,1H3,(H,8,9,10). The molecule has 0 atom stereocenters. The zero-order valence-corrected chi connectivity index (χ0v) is 6.33. The predicted octanol–water partition coefficient (Wildman–Crippen LogP) is 0.559. The zero-order chi connectivity index (χ0) is 8.10. The van der Waals surface area contributed by atoms with Crippen molar-refractivity contribution in [3.05, 3.63) is 22.7 Å². The molecule has 0 aliphatic rings. The van der Waals surface area contributed by atoms with Crippen molar-refractivity contribution < 1.29 is 4.74 Å². The van der Waals surface area contributed by atoms with E-state index in [1.54, 1.807) is 0 Å². The Morgan fingerprint density at radius 3 is 3.18 bits per heavy atom. The van der Waals surface area contributed by atoms with Crippen molar-refractivity contribution in [3.8, 4) is 5.88 Å². The van der Waals surface area contributed by atoms with E-state index in [1.807, 2.05) is 6.92 Å². The smallest absolute Gasteiger partial charge is 0.254 e. The van der Waals surface area contributed by atoms with Crippen LogP contribution in [0.25, 0.3) is 0 Å². The summed E-state index contributed by atoms with van der Waals surface area (Å²) in [5.41, 5.74) is -0.189. The largest absolute Gasteiger partial charge is 0.477 e. The van der Waals surface area contributed by atoms with Crippen molar-refractivity contribution in [3.63, 3.8) is 0 Å². The third kappa shape index (κ3) is 2.41. The Balaban J connectivity index is 2.64. The summed E-state index contributed by atoms with van der Waals surface area (Å²) in [4.78, 5) is 16.9. The first-order valence-corrected chi connectivity index (χ1v) is 3.50. The lowest BCUT2D eigenvalue weighted by Gasteiger charge is -1.99. The summed E-state index contributed by atoms with van der Waals surface area (Å²) in [6.45, 7) is 2.59. The van der Waals surface area contributed by atoms with E-state index in [1.165, 1.54) is 12.4 Å². The van der Waals surface area contributed by atoms with Crippen LogP contribution in [0.1, 0.15) is 13.3 Å². The van der Waals surface area contributed by atoms with Crippen LogP contribution in [0.3, 0.4) is 0 Å². The van der Waals surface area contributed by atoms with E-state index in [0.29, 0.717) is 12.5 Å². The lowest BCUT2D eigenvalue weighted by Crippen LogP contribution is -2.06. The summed E-state index contributed by atoms with van der Waals surface area (Å²) < 4.78 is 5.10. The van der Waals surface area contributed by atoms with E-state index in [4.69, 9.17) is 4.74 Å². The SMILES string of the molecule is CCCOc1cc(=O)[nH]cn1. The topological polar surface area (TPSA) is 55.0 Å². The molecule has 0 saturated heterocycles. The van der Waals surface area contributed by atoms with E-state index in [9.17, 15) is 4.79 Å². The van der Waals surface area contributed by atoms with E-state index in [-0.39, 0.29) is 5.56 Å². The summed E-state index contributed by atoms with van der Waals surface area (Å²) >= 11 is 0. The molecule has 0 aliphatic heterocycles. The minimum absolute atomic E-state index is 0.189. The average Bonchev–Trinajstić information content (AvgIpc) is 2.01. The van der Waals surface area contributed by atoms with Gasteiger partial charge in [-0.3, -0.25) is 4.79 Å². The Morgan fingerprint density at radius 2 is 2.55 bits per heavy atom. The number of H-pyrrole nitrogens is 1. The van der Waals surface area contributed by atoms with E-state index in [2.05, 4.69) is 9.97 Å². The van der Waals surface area contributed by atoms with Crippen LogP contribution in [0.5, 0.6) is 5.88 Å². The third-order valence-corrected chi connectivity index (χ3v) is 1.11. The second kappa shape index (κ2) is 3.75. The van der Waals surface area contributed by atoms with E-state index in [0.717, 1.165) is 6.42 Å². The van der Waals surface area contributed by atoms with Crippen molar-refractivity contribution >= 4 is 0 Å². The van der Waals surface area contributed by atoms with Crippen LogP contribution >= 0.6 is 0 Å². The van der Waals surface area contributed by atoms with Gasteiger partial charge in [0.25, 0.3) is 5.56 Å². The molecule has 4 nitrogen and oxygen atoms in total. The highest BCUT2D eigenvalue weighted by Gasteiger charge is 1.92. The molecule has 0 fully saturated rings. The first kappa shape index (κ1) is 7.78. The van der Waals surface area contributed by atoms with Crippen LogP contribution in [-0.4, -0.2) is 16.6 Å². The van der Waals surface area contributed by atoms with Crippen molar-refractivity contribution in [2.75, 3.05) is 6.61 Å². The van der Waals surface area contributed by atoms with Gasteiger partial charge in [-0.2, -0.15) is 0 Å². The number of hydrogen-bond donors (Lipinski definition) is 1. The maximum atomic E-state index is 10.7. The third-order valence-electron chi connectivity index (χ3n) is 1.11. The van der Waals surface area contributed by atoms with Crippen molar-refractivity contribution in [1.29, 1.82) is 0 Å². The van der Waals surface area contributed by atoms with Crippen molar-refractivity contribution in [1.82, 2.24) is 9.97 Å². The van der Waals surface area contributed by atoms with Crippen molar-refractivity contribution in [2.45, 2.75) is 13.3 Å². The molecule has 0 unspecified atom stereocenters. The fraction of sp³-hybridized carbons (Fsp3) is 0.429. The molecule has 0 bridgehead atoms. The van der Waals surface area contributed by atoms with Gasteiger partial charge in [0, 0.05) is 0 Å². The monoisotopic (exact) mass is 154 g/mol. The number of aromatic amines is 1. The van der Waals surface area contributed by atoms with Crippen LogP contribution in [0.15, 0.2) is 17.2 Å². The van der Waals surface area contributed by atoms with Crippen LogP contribution in [0.4, 0.5) is 0 Å². The Morgan fingerprint density at radius 1 is 1.73 bits per heavy atom. The number of rotatable bonds is 3. The Bertz CT molecular complexity index is 269. The molecule has 60 valence electrons. The summed E-state index contributed by atoms with van der Waals surface area (Å²) in [6, 6.07) is 1.33. The molecule has 0 aromatic carbocycles. The first-order valence-electron chi connectivity index (χ1n) is 3.50. The highest BCUT2D eigenvalue weighted by molar-refractivity contribution is 5.04. The maximum absolute atomic E-state index is 10.7. The van der Waals surface area contributed by atoms with E-state index >= 15 is 0 Å². The Labute approximate surface area is 64.2 Å². The van der Waals surface area contributed by atoms with Crippen LogP contribution < -0.4 is 10.3 Å². The number of hydrogen-bond acceptors (Lipinski definition) is 3. The van der Waals surface area contributed by atoms with Gasteiger partial charge in [0.2, 0.25) is 5.88 Å². The maximum Gasteiger partial charge on any atom is 0.254 e. The second-order valence-corrected chi connectivity index (χ2v) is 2.10. The molecule has 1 rings (SSSR count). The summed E-state index contributed by atoms with van der Waals surface area (Å²) in [5.74, 6) is 0.385. The van der Waals surface area contributed by atoms with Gasteiger partial charge in [0.05, 0.1) is 19.0 Å². The number of nitrogens with one attached hydrogen (secondary N) is 1. The molecule has 1 heterocycles. The van der Waals surface area contributed by atoms with Gasteiger partial charge in [-0.25, -0.2) is 4.98 Å². The lowest BCUT2D eigenvalue weighted by atomic mass is 10.5.